The predicted molar refractivity (Wildman–Crippen MR) is 98.3 cm³/mol. The summed E-state index contributed by atoms with van der Waals surface area (Å²) in [7, 11) is 1.76. The summed E-state index contributed by atoms with van der Waals surface area (Å²) in [6.45, 7) is 4.95. The topological polar surface area (TPSA) is 56.1 Å². The molecule has 2 heterocycles. The molecule has 1 N–H and O–H groups in total. The van der Waals surface area contributed by atoms with Gasteiger partial charge in [-0.3, -0.25) is 9.69 Å². The molecule has 2 aromatic carbocycles. The van der Waals surface area contributed by atoms with Crippen molar-refractivity contribution in [3.05, 3.63) is 53.1 Å². The standard InChI is InChI=1S/C20H21N3O2/c1-3-23-10-9-14-15(13-7-5-4-6-8-13)11-16-18(21-25)20(24)22(2)19(16)17(14)12-23/h4-8,11,25H,3,9-10,12H2,1-2H3. The van der Waals surface area contributed by atoms with Crippen LogP contribution in [0.3, 0.4) is 0 Å². The van der Waals surface area contributed by atoms with Gasteiger partial charge in [0, 0.05) is 25.7 Å². The maximum atomic E-state index is 12.5. The molecule has 0 radical (unpaired) electrons. The zero-order chi connectivity index (χ0) is 17.6. The Balaban J connectivity index is 2.01. The van der Waals surface area contributed by atoms with Gasteiger partial charge in [-0.2, -0.15) is 0 Å². The summed E-state index contributed by atoms with van der Waals surface area (Å²) in [5.74, 6) is -0.251. The third-order valence-electron chi connectivity index (χ3n) is 5.31. The van der Waals surface area contributed by atoms with Gasteiger partial charge in [-0.15, -0.1) is 0 Å². The zero-order valence-electron chi connectivity index (χ0n) is 14.5. The second kappa shape index (κ2) is 6.01. The first-order chi connectivity index (χ1) is 12.2. The van der Waals surface area contributed by atoms with Crippen LogP contribution in [0.2, 0.25) is 0 Å². The van der Waals surface area contributed by atoms with Crippen molar-refractivity contribution in [3.63, 3.8) is 0 Å². The largest absolute Gasteiger partial charge is 0.410 e. The number of carbonyl (C=O) groups excluding carboxylic acids is 1. The number of likely N-dealkylation sites (N-methyl/N-ethyl adjacent to an activating group) is 2. The number of anilines is 1. The molecule has 0 aliphatic carbocycles. The van der Waals surface area contributed by atoms with E-state index in [-0.39, 0.29) is 11.6 Å². The van der Waals surface area contributed by atoms with E-state index in [4.69, 9.17) is 0 Å². The number of amides is 1. The Morgan fingerprint density at radius 1 is 1.16 bits per heavy atom. The zero-order valence-corrected chi connectivity index (χ0v) is 14.5. The highest BCUT2D eigenvalue weighted by molar-refractivity contribution is 6.54. The molecular weight excluding hydrogens is 314 g/mol. The quantitative estimate of drug-likeness (QED) is 0.678. The van der Waals surface area contributed by atoms with Crippen LogP contribution in [0, 0.1) is 0 Å². The average molecular weight is 335 g/mol. The van der Waals surface area contributed by atoms with Crippen LogP contribution in [0.4, 0.5) is 5.69 Å². The smallest absolute Gasteiger partial charge is 0.280 e. The minimum absolute atomic E-state index is 0.131. The summed E-state index contributed by atoms with van der Waals surface area (Å²) in [4.78, 5) is 16.5. The van der Waals surface area contributed by atoms with Crippen LogP contribution in [0.25, 0.3) is 11.1 Å². The average Bonchev–Trinajstić information content (AvgIpc) is 2.91. The molecule has 0 aromatic heterocycles. The Morgan fingerprint density at radius 3 is 2.60 bits per heavy atom. The van der Waals surface area contributed by atoms with Gasteiger partial charge in [0.1, 0.15) is 0 Å². The normalized spacial score (nSPS) is 18.6. The van der Waals surface area contributed by atoms with Crippen LogP contribution >= 0.6 is 0 Å². The number of hydrogen-bond donors (Lipinski definition) is 1. The van der Waals surface area contributed by atoms with Gasteiger partial charge in [-0.05, 0) is 41.3 Å². The number of oxime groups is 1. The van der Waals surface area contributed by atoms with E-state index in [0.717, 1.165) is 48.4 Å². The molecule has 25 heavy (non-hydrogen) atoms. The molecule has 0 unspecified atom stereocenters. The lowest BCUT2D eigenvalue weighted by Crippen LogP contribution is -2.32. The van der Waals surface area contributed by atoms with E-state index in [9.17, 15) is 10.0 Å². The molecule has 2 aliphatic heterocycles. The van der Waals surface area contributed by atoms with E-state index >= 15 is 0 Å². The Bertz CT molecular complexity index is 874. The van der Waals surface area contributed by atoms with Crippen molar-refractivity contribution in [2.24, 2.45) is 5.16 Å². The van der Waals surface area contributed by atoms with Crippen molar-refractivity contribution in [2.75, 3.05) is 25.0 Å². The number of hydrogen-bond acceptors (Lipinski definition) is 4. The van der Waals surface area contributed by atoms with Crippen LogP contribution in [0.1, 0.15) is 23.6 Å². The van der Waals surface area contributed by atoms with Crippen LogP contribution < -0.4 is 4.90 Å². The van der Waals surface area contributed by atoms with Gasteiger partial charge in [-0.1, -0.05) is 42.4 Å². The van der Waals surface area contributed by atoms with Gasteiger partial charge >= 0.3 is 0 Å². The SMILES string of the molecule is CCN1CCc2c(-c3ccccc3)cc3c(c2C1)N(C)C(=O)C3=NO. The number of nitrogens with zero attached hydrogens (tertiary/aromatic N) is 3. The molecule has 2 aliphatic rings. The van der Waals surface area contributed by atoms with Gasteiger partial charge < -0.3 is 10.1 Å². The van der Waals surface area contributed by atoms with E-state index in [1.807, 2.05) is 24.3 Å². The summed E-state index contributed by atoms with van der Waals surface area (Å²) < 4.78 is 0. The molecule has 4 rings (SSSR count). The highest BCUT2D eigenvalue weighted by Gasteiger charge is 2.37. The third-order valence-corrected chi connectivity index (χ3v) is 5.31. The van der Waals surface area contributed by atoms with Crippen LogP contribution in [-0.4, -0.2) is 41.9 Å². The van der Waals surface area contributed by atoms with E-state index in [1.54, 1.807) is 11.9 Å². The molecule has 0 spiro atoms. The molecule has 0 saturated carbocycles. The molecule has 0 bridgehead atoms. The van der Waals surface area contributed by atoms with Gasteiger partial charge in [0.15, 0.2) is 5.71 Å². The molecule has 0 saturated heterocycles. The number of benzene rings is 2. The fourth-order valence-corrected chi connectivity index (χ4v) is 3.98. The summed E-state index contributed by atoms with van der Waals surface area (Å²) in [5, 5.41) is 12.7. The molecule has 5 nitrogen and oxygen atoms in total. The van der Waals surface area contributed by atoms with E-state index in [0.29, 0.717) is 0 Å². The Morgan fingerprint density at radius 2 is 1.92 bits per heavy atom. The molecule has 2 aromatic rings. The van der Waals surface area contributed by atoms with Gasteiger partial charge in [0.25, 0.3) is 5.91 Å². The highest BCUT2D eigenvalue weighted by atomic mass is 16.4. The summed E-state index contributed by atoms with van der Waals surface area (Å²) in [6.07, 6.45) is 0.953. The van der Waals surface area contributed by atoms with Crippen LogP contribution in [-0.2, 0) is 17.8 Å². The first-order valence-corrected chi connectivity index (χ1v) is 8.62. The van der Waals surface area contributed by atoms with Crippen molar-refractivity contribution in [2.45, 2.75) is 19.9 Å². The first kappa shape index (κ1) is 15.8. The lowest BCUT2D eigenvalue weighted by atomic mass is 9.87. The van der Waals surface area contributed by atoms with Gasteiger partial charge in [-0.25, -0.2) is 0 Å². The maximum Gasteiger partial charge on any atom is 0.280 e. The molecule has 1 amide bonds. The van der Waals surface area contributed by atoms with Crippen molar-refractivity contribution in [3.8, 4) is 11.1 Å². The van der Waals surface area contributed by atoms with Crippen molar-refractivity contribution in [1.82, 2.24) is 4.90 Å². The Kier molecular flexibility index (Phi) is 3.81. The Labute approximate surface area is 147 Å². The fourth-order valence-electron chi connectivity index (χ4n) is 3.98. The van der Waals surface area contributed by atoms with Crippen molar-refractivity contribution < 1.29 is 10.0 Å². The minimum Gasteiger partial charge on any atom is -0.410 e. The van der Waals surface area contributed by atoms with Crippen molar-refractivity contribution >= 4 is 17.3 Å². The number of fused-ring (bicyclic) bond motifs is 3. The lowest BCUT2D eigenvalue weighted by molar-refractivity contribution is -0.112. The molecular formula is C20H21N3O2. The van der Waals surface area contributed by atoms with Crippen LogP contribution in [0.15, 0.2) is 41.6 Å². The third kappa shape index (κ3) is 2.35. The van der Waals surface area contributed by atoms with Crippen molar-refractivity contribution in [1.29, 1.82) is 0 Å². The van der Waals surface area contributed by atoms with Gasteiger partial charge in [0.2, 0.25) is 0 Å². The summed E-state index contributed by atoms with van der Waals surface area (Å²) in [5.41, 5.74) is 6.50. The number of rotatable bonds is 2. The van der Waals surface area contributed by atoms with Gasteiger partial charge in [0.05, 0.1) is 5.69 Å². The van der Waals surface area contributed by atoms with E-state index in [1.165, 1.54) is 11.1 Å². The molecule has 5 heteroatoms. The monoisotopic (exact) mass is 335 g/mol. The lowest BCUT2D eigenvalue weighted by Gasteiger charge is -2.32. The summed E-state index contributed by atoms with van der Waals surface area (Å²) >= 11 is 0. The molecule has 0 atom stereocenters. The van der Waals surface area contributed by atoms with E-state index < -0.39 is 0 Å². The number of carbonyl (C=O) groups is 1. The van der Waals surface area contributed by atoms with E-state index in [2.05, 4.69) is 29.1 Å². The summed E-state index contributed by atoms with van der Waals surface area (Å²) in [6, 6.07) is 12.2. The second-order valence-corrected chi connectivity index (χ2v) is 6.57. The maximum absolute atomic E-state index is 12.5. The Hall–Kier alpha value is -2.66. The fraction of sp³-hybridized carbons (Fsp3) is 0.300. The first-order valence-electron chi connectivity index (χ1n) is 8.62. The predicted octanol–water partition coefficient (Wildman–Crippen LogP) is 2.89. The second-order valence-electron chi connectivity index (χ2n) is 6.57. The molecule has 0 fully saturated rings. The highest BCUT2D eigenvalue weighted by Crippen LogP contribution is 2.42. The van der Waals surface area contributed by atoms with Crippen LogP contribution in [0.5, 0.6) is 0 Å². The molecule has 128 valence electrons. The minimum atomic E-state index is -0.251.